The molecule has 1 atom stereocenters. The van der Waals surface area contributed by atoms with Crippen LogP contribution in [0.5, 0.6) is 0 Å². The maximum atomic E-state index is 13.1. The van der Waals surface area contributed by atoms with Crippen molar-refractivity contribution in [2.45, 2.75) is 31.9 Å². The second-order valence-corrected chi connectivity index (χ2v) is 4.64. The van der Waals surface area contributed by atoms with Gasteiger partial charge in [0.2, 0.25) is 0 Å². The molecule has 1 N–H and O–H groups in total. The molecular weight excluding hydrogens is 233 g/mol. The van der Waals surface area contributed by atoms with Gasteiger partial charge < -0.3 is 9.67 Å². The Morgan fingerprint density at radius 1 is 1.39 bits per heavy atom. The van der Waals surface area contributed by atoms with E-state index in [1.165, 1.54) is 12.1 Å². The number of rotatable bonds is 2. The van der Waals surface area contributed by atoms with Crippen LogP contribution in [0.3, 0.4) is 0 Å². The number of aliphatic hydroxyl groups excluding tert-OH is 1. The summed E-state index contributed by atoms with van der Waals surface area (Å²) in [4.78, 5) is 0. The van der Waals surface area contributed by atoms with Gasteiger partial charge in [-0.15, -0.1) is 10.2 Å². The summed E-state index contributed by atoms with van der Waals surface area (Å²) in [6.45, 7) is 0.730. The van der Waals surface area contributed by atoms with Gasteiger partial charge in [0.05, 0.1) is 6.10 Å². The van der Waals surface area contributed by atoms with Crippen LogP contribution in [0, 0.1) is 5.82 Å². The largest absolute Gasteiger partial charge is 0.393 e. The van der Waals surface area contributed by atoms with E-state index in [1.807, 2.05) is 10.6 Å². The molecule has 0 amide bonds. The van der Waals surface area contributed by atoms with Gasteiger partial charge >= 0.3 is 0 Å². The van der Waals surface area contributed by atoms with E-state index in [0.29, 0.717) is 12.8 Å². The Morgan fingerprint density at radius 2 is 2.28 bits per heavy atom. The number of hydrogen-bond acceptors (Lipinski definition) is 3. The van der Waals surface area contributed by atoms with Crippen molar-refractivity contribution in [3.63, 3.8) is 0 Å². The predicted octanol–water partition coefficient (Wildman–Crippen LogP) is 1.32. The van der Waals surface area contributed by atoms with E-state index in [0.717, 1.165) is 30.2 Å². The average Bonchev–Trinajstić information content (AvgIpc) is 2.72. The van der Waals surface area contributed by atoms with Gasteiger partial charge in [0.25, 0.3) is 0 Å². The summed E-state index contributed by atoms with van der Waals surface area (Å²) in [6.07, 6.45) is 1.53. The van der Waals surface area contributed by atoms with Crippen LogP contribution in [0.25, 0.3) is 0 Å². The summed E-state index contributed by atoms with van der Waals surface area (Å²) < 4.78 is 15.1. The molecule has 1 aliphatic heterocycles. The molecule has 0 fully saturated rings. The third-order valence-electron chi connectivity index (χ3n) is 3.26. The minimum Gasteiger partial charge on any atom is -0.393 e. The second kappa shape index (κ2) is 4.49. The van der Waals surface area contributed by atoms with Crippen LogP contribution >= 0.6 is 0 Å². The number of nitrogens with zero attached hydrogens (tertiary/aromatic N) is 3. The Morgan fingerprint density at radius 3 is 3.11 bits per heavy atom. The standard InChI is InChI=1S/C13H14FN3O/c14-10-3-1-2-9(6-10)7-12-15-16-13-8-11(18)4-5-17(12)13/h1-3,6,11,18H,4-5,7-8H2. The van der Waals surface area contributed by atoms with Crippen molar-refractivity contribution in [3.05, 3.63) is 47.3 Å². The van der Waals surface area contributed by atoms with E-state index in [9.17, 15) is 9.50 Å². The van der Waals surface area contributed by atoms with Crippen molar-refractivity contribution in [3.8, 4) is 0 Å². The van der Waals surface area contributed by atoms with Crippen LogP contribution in [-0.4, -0.2) is 26.0 Å². The zero-order chi connectivity index (χ0) is 12.5. The lowest BCUT2D eigenvalue weighted by Crippen LogP contribution is -2.24. The van der Waals surface area contributed by atoms with E-state index < -0.39 is 0 Å². The number of benzene rings is 1. The van der Waals surface area contributed by atoms with Crippen molar-refractivity contribution in [1.82, 2.24) is 14.8 Å². The third kappa shape index (κ3) is 2.13. The molecule has 0 bridgehead atoms. The van der Waals surface area contributed by atoms with Gasteiger partial charge in [0, 0.05) is 19.4 Å². The van der Waals surface area contributed by atoms with E-state index in [1.54, 1.807) is 6.07 Å². The molecule has 1 aliphatic rings. The maximum absolute atomic E-state index is 13.1. The maximum Gasteiger partial charge on any atom is 0.137 e. The van der Waals surface area contributed by atoms with Gasteiger partial charge in [-0.05, 0) is 24.1 Å². The Balaban J connectivity index is 1.86. The highest BCUT2D eigenvalue weighted by Gasteiger charge is 2.21. The topological polar surface area (TPSA) is 50.9 Å². The summed E-state index contributed by atoms with van der Waals surface area (Å²) in [7, 11) is 0. The molecular formula is C13H14FN3O. The Labute approximate surface area is 104 Å². The predicted molar refractivity (Wildman–Crippen MR) is 63.6 cm³/mol. The molecule has 18 heavy (non-hydrogen) atoms. The van der Waals surface area contributed by atoms with Gasteiger partial charge in [-0.3, -0.25) is 0 Å². The van der Waals surface area contributed by atoms with Gasteiger partial charge in [0.1, 0.15) is 17.5 Å². The van der Waals surface area contributed by atoms with Crippen molar-refractivity contribution < 1.29 is 9.50 Å². The van der Waals surface area contributed by atoms with Crippen LogP contribution in [0.1, 0.15) is 23.6 Å². The molecule has 5 heteroatoms. The fourth-order valence-electron chi connectivity index (χ4n) is 2.33. The van der Waals surface area contributed by atoms with Crippen LogP contribution in [-0.2, 0) is 19.4 Å². The number of hydrogen-bond donors (Lipinski definition) is 1. The Hall–Kier alpha value is -1.75. The van der Waals surface area contributed by atoms with Crippen LogP contribution in [0.4, 0.5) is 4.39 Å². The molecule has 3 rings (SSSR count). The van der Waals surface area contributed by atoms with E-state index in [2.05, 4.69) is 10.2 Å². The molecule has 0 radical (unpaired) electrons. The average molecular weight is 247 g/mol. The summed E-state index contributed by atoms with van der Waals surface area (Å²) in [5, 5.41) is 17.8. The first kappa shape index (κ1) is 11.3. The summed E-state index contributed by atoms with van der Waals surface area (Å²) in [5.41, 5.74) is 0.885. The molecule has 1 aromatic heterocycles. The molecule has 94 valence electrons. The number of halogens is 1. The third-order valence-corrected chi connectivity index (χ3v) is 3.26. The number of aliphatic hydroxyl groups is 1. The molecule has 4 nitrogen and oxygen atoms in total. The number of aromatic nitrogens is 3. The first-order valence-electron chi connectivity index (χ1n) is 6.06. The number of fused-ring (bicyclic) bond motifs is 1. The normalized spacial score (nSPS) is 18.7. The van der Waals surface area contributed by atoms with Crippen molar-refractivity contribution >= 4 is 0 Å². The Bertz CT molecular complexity index is 567. The molecule has 1 aromatic carbocycles. The van der Waals surface area contributed by atoms with Crippen molar-refractivity contribution in [1.29, 1.82) is 0 Å². The van der Waals surface area contributed by atoms with E-state index in [4.69, 9.17) is 0 Å². The smallest absolute Gasteiger partial charge is 0.137 e. The molecule has 0 saturated heterocycles. The minimum absolute atomic E-state index is 0.235. The lowest BCUT2D eigenvalue weighted by atomic mass is 10.1. The SMILES string of the molecule is OC1CCn2c(Cc3cccc(F)c3)nnc2C1. The monoisotopic (exact) mass is 247 g/mol. The highest BCUT2D eigenvalue weighted by atomic mass is 19.1. The first-order chi connectivity index (χ1) is 8.72. The fraction of sp³-hybridized carbons (Fsp3) is 0.385. The van der Waals surface area contributed by atoms with Gasteiger partial charge in [0.15, 0.2) is 0 Å². The minimum atomic E-state index is -0.316. The second-order valence-electron chi connectivity index (χ2n) is 4.64. The quantitative estimate of drug-likeness (QED) is 0.870. The lowest BCUT2D eigenvalue weighted by molar-refractivity contribution is 0.141. The van der Waals surface area contributed by atoms with Crippen molar-refractivity contribution in [2.75, 3.05) is 0 Å². The molecule has 1 unspecified atom stereocenters. The molecule has 0 saturated carbocycles. The summed E-state index contributed by atoms with van der Waals surface area (Å²) >= 11 is 0. The van der Waals surface area contributed by atoms with Crippen LogP contribution < -0.4 is 0 Å². The molecule has 2 aromatic rings. The van der Waals surface area contributed by atoms with Crippen LogP contribution in [0.15, 0.2) is 24.3 Å². The van der Waals surface area contributed by atoms with E-state index >= 15 is 0 Å². The highest BCUT2D eigenvalue weighted by Crippen LogP contribution is 2.17. The summed E-state index contributed by atoms with van der Waals surface area (Å²) in [6, 6.07) is 6.52. The first-order valence-corrected chi connectivity index (χ1v) is 6.06. The molecule has 0 spiro atoms. The fourth-order valence-corrected chi connectivity index (χ4v) is 2.33. The van der Waals surface area contributed by atoms with Gasteiger partial charge in [-0.2, -0.15) is 0 Å². The van der Waals surface area contributed by atoms with Gasteiger partial charge in [-0.25, -0.2) is 4.39 Å². The van der Waals surface area contributed by atoms with Crippen LogP contribution in [0.2, 0.25) is 0 Å². The zero-order valence-electron chi connectivity index (χ0n) is 9.88. The summed E-state index contributed by atoms with van der Waals surface area (Å²) in [5.74, 6) is 1.42. The highest BCUT2D eigenvalue weighted by molar-refractivity contribution is 5.20. The lowest BCUT2D eigenvalue weighted by Gasteiger charge is -2.19. The van der Waals surface area contributed by atoms with Gasteiger partial charge in [-0.1, -0.05) is 12.1 Å². The van der Waals surface area contributed by atoms with Crippen molar-refractivity contribution in [2.24, 2.45) is 0 Å². The molecule has 2 heterocycles. The Kier molecular flexibility index (Phi) is 2.83. The zero-order valence-corrected chi connectivity index (χ0v) is 9.88. The van der Waals surface area contributed by atoms with E-state index in [-0.39, 0.29) is 11.9 Å². The molecule has 0 aliphatic carbocycles.